The van der Waals surface area contributed by atoms with E-state index in [1.54, 1.807) is 6.92 Å². The van der Waals surface area contributed by atoms with Crippen LogP contribution < -0.4 is 4.74 Å². The normalized spacial score (nSPS) is 17.4. The Hall–Kier alpha value is -3.92. The van der Waals surface area contributed by atoms with E-state index in [0.29, 0.717) is 18.6 Å². The average molecular weight is 456 g/mol. The number of phenolic OH excluding ortho intramolecular Hbond substituents is 1. The van der Waals surface area contributed by atoms with Crippen LogP contribution in [0, 0.1) is 10.1 Å². The first-order valence-corrected chi connectivity index (χ1v) is 10.3. The van der Waals surface area contributed by atoms with Crippen molar-refractivity contribution < 1.29 is 34.2 Å². The first-order valence-electron chi connectivity index (χ1n) is 10.3. The smallest absolute Gasteiger partial charge is 0.295 e. The number of nitrogens with zero attached hydrogens (tertiary/aromatic N) is 2. The number of aliphatic hydroxyl groups excluding tert-OH is 1. The molecule has 0 spiro atoms. The summed E-state index contributed by atoms with van der Waals surface area (Å²) < 4.78 is 10.5. The Kier molecular flexibility index (Phi) is 7.29. The third kappa shape index (κ3) is 4.80. The van der Waals surface area contributed by atoms with Gasteiger partial charge in [-0.25, -0.2) is 0 Å². The van der Waals surface area contributed by atoms with E-state index in [9.17, 15) is 29.9 Å². The molecule has 2 aromatic rings. The summed E-state index contributed by atoms with van der Waals surface area (Å²) in [7, 11) is 1.52. The second-order valence-corrected chi connectivity index (χ2v) is 7.31. The number of non-ortho nitro benzene ring substituents is 1. The predicted molar refractivity (Wildman–Crippen MR) is 118 cm³/mol. The summed E-state index contributed by atoms with van der Waals surface area (Å²) in [5.41, 5.74) is -0.00742. The third-order valence-corrected chi connectivity index (χ3v) is 5.22. The molecular weight excluding hydrogens is 432 g/mol. The molecule has 1 unspecified atom stereocenters. The molecule has 0 aliphatic carbocycles. The van der Waals surface area contributed by atoms with Crippen LogP contribution in [0.4, 0.5) is 5.69 Å². The lowest BCUT2D eigenvalue weighted by Crippen LogP contribution is -2.31. The Bertz CT molecular complexity index is 1110. The van der Waals surface area contributed by atoms with Crippen molar-refractivity contribution in [1.29, 1.82) is 0 Å². The molecule has 1 saturated heterocycles. The number of hydrogen-bond acceptors (Lipinski definition) is 8. The van der Waals surface area contributed by atoms with E-state index >= 15 is 0 Å². The van der Waals surface area contributed by atoms with Gasteiger partial charge in [-0.3, -0.25) is 19.7 Å². The van der Waals surface area contributed by atoms with Gasteiger partial charge < -0.3 is 24.6 Å². The SMILES string of the molecule is CCOc1cc(C2/C(=C(\O)c3cccc([N+](=O)[O-])c3)C(=O)C(=O)N2CCCOC)ccc1O. The van der Waals surface area contributed by atoms with Crippen molar-refractivity contribution in [3.63, 3.8) is 0 Å². The van der Waals surface area contributed by atoms with Gasteiger partial charge in [-0.15, -0.1) is 0 Å². The summed E-state index contributed by atoms with van der Waals surface area (Å²) in [6.45, 7) is 2.53. The third-order valence-electron chi connectivity index (χ3n) is 5.22. The fourth-order valence-electron chi connectivity index (χ4n) is 3.73. The predicted octanol–water partition coefficient (Wildman–Crippen LogP) is 3.16. The number of ether oxygens (including phenoxy) is 2. The van der Waals surface area contributed by atoms with Gasteiger partial charge >= 0.3 is 0 Å². The summed E-state index contributed by atoms with van der Waals surface area (Å²) in [6, 6.07) is 8.60. The minimum Gasteiger partial charge on any atom is -0.507 e. The lowest BCUT2D eigenvalue weighted by atomic mass is 9.94. The van der Waals surface area contributed by atoms with Crippen LogP contribution in [-0.2, 0) is 14.3 Å². The van der Waals surface area contributed by atoms with Gasteiger partial charge in [0.1, 0.15) is 5.76 Å². The molecule has 2 aromatic carbocycles. The Labute approximate surface area is 189 Å². The van der Waals surface area contributed by atoms with Crippen LogP contribution in [0.2, 0.25) is 0 Å². The summed E-state index contributed by atoms with van der Waals surface area (Å²) in [5.74, 6) is -2.20. The molecule has 0 aromatic heterocycles. The molecule has 1 aliphatic rings. The molecule has 1 amide bonds. The number of rotatable bonds is 9. The van der Waals surface area contributed by atoms with Crippen molar-refractivity contribution in [2.75, 3.05) is 26.9 Å². The summed E-state index contributed by atoms with van der Waals surface area (Å²) >= 11 is 0. The number of methoxy groups -OCH3 is 1. The van der Waals surface area contributed by atoms with E-state index < -0.39 is 28.4 Å². The van der Waals surface area contributed by atoms with E-state index in [4.69, 9.17) is 9.47 Å². The zero-order valence-electron chi connectivity index (χ0n) is 18.2. The number of ketones is 1. The second kappa shape index (κ2) is 10.1. The number of Topliss-reactive ketones (excluding diaryl/α,β-unsaturated/α-hetero) is 1. The molecule has 10 nitrogen and oxygen atoms in total. The van der Waals surface area contributed by atoms with E-state index in [1.165, 1.54) is 48.4 Å². The van der Waals surface area contributed by atoms with E-state index in [0.717, 1.165) is 6.07 Å². The molecule has 0 radical (unpaired) electrons. The van der Waals surface area contributed by atoms with Gasteiger partial charge in [0.05, 0.1) is 23.1 Å². The zero-order chi connectivity index (χ0) is 24.1. The van der Waals surface area contributed by atoms with Crippen molar-refractivity contribution in [2.45, 2.75) is 19.4 Å². The number of benzene rings is 2. The number of amides is 1. The zero-order valence-corrected chi connectivity index (χ0v) is 18.2. The number of aliphatic hydroxyl groups is 1. The maximum atomic E-state index is 13.0. The Balaban J connectivity index is 2.18. The largest absolute Gasteiger partial charge is 0.507 e. The molecule has 1 fully saturated rings. The van der Waals surface area contributed by atoms with Gasteiger partial charge in [0, 0.05) is 38.0 Å². The van der Waals surface area contributed by atoms with E-state index in [1.807, 2.05) is 0 Å². The van der Waals surface area contributed by atoms with Crippen LogP contribution in [0.15, 0.2) is 48.0 Å². The molecule has 174 valence electrons. The molecular formula is C23H24N2O8. The molecule has 2 N–H and O–H groups in total. The van der Waals surface area contributed by atoms with Crippen molar-refractivity contribution in [3.8, 4) is 11.5 Å². The number of likely N-dealkylation sites (tertiary alicyclic amines) is 1. The average Bonchev–Trinajstić information content (AvgIpc) is 3.05. The number of carbonyl (C=O) groups is 2. The molecule has 1 heterocycles. The maximum Gasteiger partial charge on any atom is 0.295 e. The van der Waals surface area contributed by atoms with Gasteiger partial charge in [-0.05, 0) is 31.0 Å². The number of phenols is 1. The number of aromatic hydroxyl groups is 1. The molecule has 1 aliphatic heterocycles. The lowest BCUT2D eigenvalue weighted by molar-refractivity contribution is -0.384. The van der Waals surface area contributed by atoms with Crippen molar-refractivity contribution >= 4 is 23.1 Å². The van der Waals surface area contributed by atoms with Crippen LogP contribution in [0.5, 0.6) is 11.5 Å². The van der Waals surface area contributed by atoms with Crippen LogP contribution in [0.25, 0.3) is 5.76 Å². The maximum absolute atomic E-state index is 13.0. The summed E-state index contributed by atoms with van der Waals surface area (Å²) in [4.78, 5) is 37.7. The van der Waals surface area contributed by atoms with E-state index in [2.05, 4.69) is 0 Å². The highest BCUT2D eigenvalue weighted by molar-refractivity contribution is 6.46. The Morgan fingerprint density at radius 1 is 1.21 bits per heavy atom. The summed E-state index contributed by atoms with van der Waals surface area (Å²) in [6.07, 6.45) is 0.438. The van der Waals surface area contributed by atoms with Crippen LogP contribution in [0.1, 0.15) is 30.5 Å². The van der Waals surface area contributed by atoms with Gasteiger partial charge in [0.25, 0.3) is 17.4 Å². The number of nitro groups is 1. The quantitative estimate of drug-likeness (QED) is 0.146. The number of carbonyl (C=O) groups excluding carboxylic acids is 2. The van der Waals surface area contributed by atoms with Crippen molar-refractivity contribution in [2.24, 2.45) is 0 Å². The summed E-state index contributed by atoms with van der Waals surface area (Å²) in [5, 5.41) is 32.2. The standard InChI is InChI=1S/C23H24N2O8/c1-3-33-18-13-14(8-9-17(18)26)20-19(22(28)23(29)24(20)10-5-11-32-2)21(27)15-6-4-7-16(12-15)25(30)31/h4,6-9,12-13,20,26-27H,3,5,10-11H2,1-2H3/b21-19+. The van der Waals surface area contributed by atoms with E-state index in [-0.39, 0.29) is 41.5 Å². The fraction of sp³-hybridized carbons (Fsp3) is 0.304. The van der Waals surface area contributed by atoms with Gasteiger partial charge in [-0.2, -0.15) is 0 Å². The highest BCUT2D eigenvalue weighted by Gasteiger charge is 2.46. The lowest BCUT2D eigenvalue weighted by Gasteiger charge is -2.25. The molecule has 3 rings (SSSR count). The Morgan fingerprint density at radius 3 is 2.64 bits per heavy atom. The number of nitro benzene ring substituents is 1. The van der Waals surface area contributed by atoms with Gasteiger partial charge in [-0.1, -0.05) is 18.2 Å². The fourth-order valence-corrected chi connectivity index (χ4v) is 3.73. The molecule has 0 bridgehead atoms. The highest BCUT2D eigenvalue weighted by atomic mass is 16.6. The molecule has 1 atom stereocenters. The molecule has 10 heteroatoms. The van der Waals surface area contributed by atoms with Crippen LogP contribution >= 0.6 is 0 Å². The minimum atomic E-state index is -0.985. The van der Waals surface area contributed by atoms with Crippen molar-refractivity contribution in [3.05, 3.63) is 69.3 Å². The topological polar surface area (TPSA) is 139 Å². The first-order chi connectivity index (χ1) is 15.8. The van der Waals surface area contributed by atoms with Gasteiger partial charge in [0.2, 0.25) is 0 Å². The first kappa shape index (κ1) is 23.7. The Morgan fingerprint density at radius 2 is 1.97 bits per heavy atom. The van der Waals surface area contributed by atoms with Crippen LogP contribution in [0.3, 0.4) is 0 Å². The molecule has 33 heavy (non-hydrogen) atoms. The van der Waals surface area contributed by atoms with Crippen LogP contribution in [-0.4, -0.2) is 58.6 Å². The van der Waals surface area contributed by atoms with Crippen molar-refractivity contribution in [1.82, 2.24) is 4.90 Å². The molecule has 0 saturated carbocycles. The second-order valence-electron chi connectivity index (χ2n) is 7.31. The number of hydrogen-bond donors (Lipinski definition) is 2. The minimum absolute atomic E-state index is 0.0351. The highest BCUT2D eigenvalue weighted by Crippen LogP contribution is 2.42. The monoisotopic (exact) mass is 456 g/mol. The van der Waals surface area contributed by atoms with Gasteiger partial charge in [0.15, 0.2) is 11.5 Å².